The van der Waals surface area contributed by atoms with Gasteiger partial charge in [-0.25, -0.2) is 0 Å². The Morgan fingerprint density at radius 3 is 2.45 bits per heavy atom. The van der Waals surface area contributed by atoms with Crippen molar-refractivity contribution in [1.29, 1.82) is 0 Å². The van der Waals surface area contributed by atoms with Crippen molar-refractivity contribution in [3.8, 4) is 0 Å². The van der Waals surface area contributed by atoms with Crippen LogP contribution in [0.25, 0.3) is 0 Å². The van der Waals surface area contributed by atoms with Gasteiger partial charge in [0, 0.05) is 11.1 Å². The molecular formula is C15H19ClF3N. The van der Waals surface area contributed by atoms with E-state index in [1.54, 1.807) is 12.1 Å². The first-order chi connectivity index (χ1) is 9.36. The van der Waals surface area contributed by atoms with Crippen LogP contribution in [0.2, 0.25) is 5.02 Å². The normalized spacial score (nSPS) is 25.4. The van der Waals surface area contributed by atoms with Crippen molar-refractivity contribution in [2.24, 2.45) is 17.6 Å². The maximum Gasteiger partial charge on any atom is 0.391 e. The number of nitrogens with two attached hydrogens (primary N) is 1. The first-order valence-corrected chi connectivity index (χ1v) is 7.31. The summed E-state index contributed by atoms with van der Waals surface area (Å²) in [5, 5.41) is 0.650. The van der Waals surface area contributed by atoms with Crippen LogP contribution < -0.4 is 5.73 Å². The van der Waals surface area contributed by atoms with E-state index in [4.69, 9.17) is 17.3 Å². The number of alkyl halides is 3. The Labute approximate surface area is 122 Å². The summed E-state index contributed by atoms with van der Waals surface area (Å²) in [5.41, 5.74) is 7.15. The van der Waals surface area contributed by atoms with Gasteiger partial charge in [0.1, 0.15) is 0 Å². The van der Waals surface area contributed by atoms with E-state index in [9.17, 15) is 13.2 Å². The van der Waals surface area contributed by atoms with Gasteiger partial charge in [0.15, 0.2) is 0 Å². The minimum atomic E-state index is -4.08. The molecular weight excluding hydrogens is 287 g/mol. The van der Waals surface area contributed by atoms with Gasteiger partial charge in [-0.2, -0.15) is 13.2 Å². The molecule has 0 heterocycles. The average molecular weight is 306 g/mol. The van der Waals surface area contributed by atoms with Gasteiger partial charge in [-0.05, 0) is 49.3 Å². The first-order valence-electron chi connectivity index (χ1n) is 6.93. The molecule has 1 nitrogen and oxygen atoms in total. The minimum Gasteiger partial charge on any atom is -0.327 e. The summed E-state index contributed by atoms with van der Waals surface area (Å²) in [4.78, 5) is 0. The maximum atomic E-state index is 12.8. The SMILES string of the molecule is NC(Cc1ccc(Cl)cc1)C1CCCC(C(F)(F)F)C1. The molecule has 1 aromatic carbocycles. The molecule has 5 heteroatoms. The predicted molar refractivity (Wildman–Crippen MR) is 74.6 cm³/mol. The van der Waals surface area contributed by atoms with Crippen LogP contribution in [0.1, 0.15) is 31.2 Å². The fraction of sp³-hybridized carbons (Fsp3) is 0.600. The van der Waals surface area contributed by atoms with E-state index in [2.05, 4.69) is 0 Å². The second kappa shape index (κ2) is 6.35. The van der Waals surface area contributed by atoms with Gasteiger partial charge in [0.25, 0.3) is 0 Å². The lowest BCUT2D eigenvalue weighted by atomic mass is 9.76. The summed E-state index contributed by atoms with van der Waals surface area (Å²) in [5.74, 6) is -1.23. The van der Waals surface area contributed by atoms with Crippen molar-refractivity contribution in [3.05, 3.63) is 34.9 Å². The highest BCUT2D eigenvalue weighted by Gasteiger charge is 2.43. The molecule has 1 aromatic rings. The van der Waals surface area contributed by atoms with Crippen molar-refractivity contribution < 1.29 is 13.2 Å². The third kappa shape index (κ3) is 4.13. The third-order valence-corrected chi connectivity index (χ3v) is 4.42. The molecule has 0 saturated heterocycles. The van der Waals surface area contributed by atoms with E-state index in [0.717, 1.165) is 12.0 Å². The minimum absolute atomic E-state index is 0.0500. The first kappa shape index (κ1) is 15.6. The topological polar surface area (TPSA) is 26.0 Å². The zero-order valence-corrected chi connectivity index (χ0v) is 11.9. The lowest BCUT2D eigenvalue weighted by Gasteiger charge is -2.33. The van der Waals surface area contributed by atoms with Gasteiger partial charge in [0.2, 0.25) is 0 Å². The molecule has 1 saturated carbocycles. The van der Waals surface area contributed by atoms with E-state index in [1.807, 2.05) is 12.1 Å². The largest absolute Gasteiger partial charge is 0.391 e. The molecule has 2 N–H and O–H groups in total. The number of hydrogen-bond acceptors (Lipinski definition) is 1. The van der Waals surface area contributed by atoms with Crippen LogP contribution in [-0.2, 0) is 6.42 Å². The standard InChI is InChI=1S/C15H19ClF3N/c16-13-6-4-10(5-7-13)8-14(20)11-2-1-3-12(9-11)15(17,18)19/h4-7,11-12,14H,1-3,8-9,20H2. The molecule has 20 heavy (non-hydrogen) atoms. The molecule has 1 aliphatic rings. The molecule has 0 bridgehead atoms. The van der Waals surface area contributed by atoms with Gasteiger partial charge in [-0.3, -0.25) is 0 Å². The van der Waals surface area contributed by atoms with Gasteiger partial charge in [0.05, 0.1) is 5.92 Å². The Kier molecular flexibility index (Phi) is 4.97. The summed E-state index contributed by atoms with van der Waals surface area (Å²) in [6.45, 7) is 0. The summed E-state index contributed by atoms with van der Waals surface area (Å²) in [7, 11) is 0. The summed E-state index contributed by atoms with van der Waals surface area (Å²) in [6, 6.07) is 7.10. The zero-order chi connectivity index (χ0) is 14.8. The predicted octanol–water partition coefficient (Wildman–Crippen LogP) is 4.58. The molecule has 3 unspecified atom stereocenters. The summed E-state index contributed by atoms with van der Waals surface area (Å²) in [6.07, 6.45) is -1.67. The van der Waals surface area contributed by atoms with E-state index >= 15 is 0 Å². The van der Waals surface area contributed by atoms with Crippen LogP contribution in [-0.4, -0.2) is 12.2 Å². The Morgan fingerprint density at radius 1 is 1.20 bits per heavy atom. The summed E-state index contributed by atoms with van der Waals surface area (Å²) < 4.78 is 38.4. The van der Waals surface area contributed by atoms with Crippen LogP contribution in [0, 0.1) is 11.8 Å². The molecule has 0 radical (unpaired) electrons. The molecule has 2 rings (SSSR count). The molecule has 1 aliphatic carbocycles. The highest BCUT2D eigenvalue weighted by Crippen LogP contribution is 2.40. The van der Waals surface area contributed by atoms with Crippen molar-refractivity contribution >= 4 is 11.6 Å². The fourth-order valence-corrected chi connectivity index (χ4v) is 3.10. The van der Waals surface area contributed by atoms with Gasteiger partial charge < -0.3 is 5.73 Å². The van der Waals surface area contributed by atoms with E-state index in [0.29, 0.717) is 17.9 Å². The van der Waals surface area contributed by atoms with Crippen LogP contribution in [0.4, 0.5) is 13.2 Å². The highest BCUT2D eigenvalue weighted by atomic mass is 35.5. The fourth-order valence-electron chi connectivity index (χ4n) is 2.97. The van der Waals surface area contributed by atoms with E-state index in [-0.39, 0.29) is 24.8 Å². The lowest BCUT2D eigenvalue weighted by molar-refractivity contribution is -0.186. The molecule has 0 amide bonds. The molecule has 0 aliphatic heterocycles. The van der Waals surface area contributed by atoms with Crippen molar-refractivity contribution in [2.45, 2.75) is 44.3 Å². The Hall–Kier alpha value is -0.740. The monoisotopic (exact) mass is 305 g/mol. The summed E-state index contributed by atoms with van der Waals surface area (Å²) >= 11 is 5.81. The van der Waals surface area contributed by atoms with Gasteiger partial charge in [-0.1, -0.05) is 30.2 Å². The third-order valence-electron chi connectivity index (χ3n) is 4.17. The van der Waals surface area contributed by atoms with Gasteiger partial charge in [-0.15, -0.1) is 0 Å². The Balaban J connectivity index is 1.95. The highest BCUT2D eigenvalue weighted by molar-refractivity contribution is 6.30. The molecule has 3 atom stereocenters. The Morgan fingerprint density at radius 2 is 1.85 bits per heavy atom. The number of halogens is 4. The zero-order valence-electron chi connectivity index (χ0n) is 11.2. The molecule has 112 valence electrons. The van der Waals surface area contributed by atoms with E-state index in [1.165, 1.54) is 0 Å². The maximum absolute atomic E-state index is 12.8. The van der Waals surface area contributed by atoms with Crippen molar-refractivity contribution in [1.82, 2.24) is 0 Å². The number of benzene rings is 1. The van der Waals surface area contributed by atoms with Crippen molar-refractivity contribution in [3.63, 3.8) is 0 Å². The van der Waals surface area contributed by atoms with Crippen LogP contribution in [0.3, 0.4) is 0 Å². The lowest BCUT2D eigenvalue weighted by Crippen LogP contribution is -2.38. The second-order valence-electron chi connectivity index (χ2n) is 5.66. The number of hydrogen-bond donors (Lipinski definition) is 1. The second-order valence-corrected chi connectivity index (χ2v) is 6.10. The van der Waals surface area contributed by atoms with Gasteiger partial charge >= 0.3 is 6.18 Å². The van der Waals surface area contributed by atoms with Crippen molar-refractivity contribution in [2.75, 3.05) is 0 Å². The van der Waals surface area contributed by atoms with Crippen LogP contribution in [0.15, 0.2) is 24.3 Å². The number of rotatable bonds is 3. The molecule has 1 fully saturated rings. The average Bonchev–Trinajstić information content (AvgIpc) is 2.40. The molecule has 0 spiro atoms. The van der Waals surface area contributed by atoms with Crippen LogP contribution >= 0.6 is 11.6 Å². The quantitative estimate of drug-likeness (QED) is 0.869. The Bertz CT molecular complexity index is 430. The van der Waals surface area contributed by atoms with E-state index < -0.39 is 12.1 Å². The smallest absolute Gasteiger partial charge is 0.327 e. The van der Waals surface area contributed by atoms with Crippen LogP contribution in [0.5, 0.6) is 0 Å². The molecule has 0 aromatic heterocycles.